The highest BCUT2D eigenvalue weighted by Crippen LogP contribution is 2.15. The summed E-state index contributed by atoms with van der Waals surface area (Å²) in [7, 11) is -3.46. The molecule has 2 aromatic carbocycles. The van der Waals surface area contributed by atoms with Crippen LogP contribution in [0.3, 0.4) is 0 Å². The van der Waals surface area contributed by atoms with Crippen LogP contribution in [0.2, 0.25) is 0 Å². The third-order valence-electron chi connectivity index (χ3n) is 4.07. The molecule has 0 atom stereocenters. The van der Waals surface area contributed by atoms with Crippen LogP contribution < -0.4 is 10.6 Å². The summed E-state index contributed by atoms with van der Waals surface area (Å²) in [5, 5.41) is 14.1. The van der Waals surface area contributed by atoms with Gasteiger partial charge in [0.25, 0.3) is 5.91 Å². The molecule has 29 heavy (non-hydrogen) atoms. The Hall–Kier alpha value is -3.18. The van der Waals surface area contributed by atoms with Crippen molar-refractivity contribution in [2.45, 2.75) is 26.2 Å². The average Bonchev–Trinajstić information content (AvgIpc) is 2.68. The van der Waals surface area contributed by atoms with Gasteiger partial charge in [0.05, 0.1) is 17.4 Å². The summed E-state index contributed by atoms with van der Waals surface area (Å²) in [4.78, 5) is 24.5. The van der Waals surface area contributed by atoms with E-state index in [2.05, 4.69) is 10.6 Å². The summed E-state index contributed by atoms with van der Waals surface area (Å²) in [6.07, 6.45) is 2.24. The molecule has 0 aliphatic rings. The molecule has 0 aliphatic heterocycles. The second-order valence-electron chi connectivity index (χ2n) is 6.57. The van der Waals surface area contributed by atoms with E-state index in [-0.39, 0.29) is 11.3 Å². The maximum Gasteiger partial charge on any atom is 0.255 e. The summed E-state index contributed by atoms with van der Waals surface area (Å²) in [6, 6.07) is 14.7. The topological polar surface area (TPSA) is 116 Å². The zero-order valence-electron chi connectivity index (χ0n) is 16.1. The number of carbonyl (C=O) groups excluding carboxylic acids is 2. The van der Waals surface area contributed by atoms with Gasteiger partial charge in [0.2, 0.25) is 5.91 Å². The van der Waals surface area contributed by atoms with Gasteiger partial charge in [0, 0.05) is 16.9 Å². The van der Waals surface area contributed by atoms with Gasteiger partial charge in [-0.15, -0.1) is 0 Å². The van der Waals surface area contributed by atoms with E-state index in [0.717, 1.165) is 12.8 Å². The Morgan fingerprint density at radius 1 is 1.00 bits per heavy atom. The fourth-order valence-electron chi connectivity index (χ4n) is 2.65. The number of nitriles is 1. The monoisotopic (exact) mass is 413 g/mol. The zero-order valence-corrected chi connectivity index (χ0v) is 17.0. The van der Waals surface area contributed by atoms with E-state index in [4.69, 9.17) is 5.26 Å². The van der Waals surface area contributed by atoms with Crippen molar-refractivity contribution in [2.24, 2.45) is 0 Å². The summed E-state index contributed by atoms with van der Waals surface area (Å²) in [5.74, 6) is -1.66. The molecular formula is C21H23N3O4S. The van der Waals surface area contributed by atoms with Crippen LogP contribution in [-0.4, -0.2) is 31.7 Å². The van der Waals surface area contributed by atoms with Crippen LogP contribution in [0.25, 0.3) is 0 Å². The minimum absolute atomic E-state index is 0.0154. The molecule has 0 fully saturated rings. The first kappa shape index (κ1) is 22.1. The average molecular weight is 413 g/mol. The summed E-state index contributed by atoms with van der Waals surface area (Å²) >= 11 is 0. The number of sulfone groups is 1. The van der Waals surface area contributed by atoms with Crippen LogP contribution in [0, 0.1) is 11.3 Å². The highest BCUT2D eigenvalue weighted by Gasteiger charge is 2.17. The highest BCUT2D eigenvalue weighted by atomic mass is 32.2. The van der Waals surface area contributed by atoms with Gasteiger partial charge in [-0.1, -0.05) is 31.9 Å². The van der Waals surface area contributed by atoms with Crippen molar-refractivity contribution < 1.29 is 18.0 Å². The predicted molar refractivity (Wildman–Crippen MR) is 112 cm³/mol. The normalized spacial score (nSPS) is 10.8. The number of amides is 2. The van der Waals surface area contributed by atoms with E-state index in [0.29, 0.717) is 23.4 Å². The van der Waals surface area contributed by atoms with Gasteiger partial charge >= 0.3 is 0 Å². The lowest BCUT2D eigenvalue weighted by Gasteiger charge is -2.09. The van der Waals surface area contributed by atoms with E-state index in [1.54, 1.807) is 42.5 Å². The number of nitrogens with zero attached hydrogens (tertiary/aromatic N) is 1. The first-order chi connectivity index (χ1) is 13.8. The molecule has 2 rings (SSSR count). The van der Waals surface area contributed by atoms with E-state index in [9.17, 15) is 18.0 Å². The molecule has 2 aromatic rings. The van der Waals surface area contributed by atoms with Crippen molar-refractivity contribution in [3.63, 3.8) is 0 Å². The number of anilines is 2. The standard InChI is InChI=1S/C21H23N3O4S/c1-2-3-4-11-29(27,28)15-20(25)23-19-10-6-8-17(13-19)21(26)24-18-9-5-7-16(12-18)14-22/h5-10,12-13H,2-4,11,15H2,1H3,(H,23,25)(H,24,26). The first-order valence-corrected chi connectivity index (χ1v) is 11.1. The van der Waals surface area contributed by atoms with E-state index < -0.39 is 27.4 Å². The highest BCUT2D eigenvalue weighted by molar-refractivity contribution is 7.92. The van der Waals surface area contributed by atoms with Crippen LogP contribution >= 0.6 is 0 Å². The Bertz CT molecular complexity index is 1030. The van der Waals surface area contributed by atoms with Gasteiger partial charge in [0.15, 0.2) is 9.84 Å². The van der Waals surface area contributed by atoms with Crippen LogP contribution in [0.5, 0.6) is 0 Å². The molecule has 0 bridgehead atoms. The molecule has 2 amide bonds. The van der Waals surface area contributed by atoms with Crippen LogP contribution in [0.1, 0.15) is 42.1 Å². The summed E-state index contributed by atoms with van der Waals surface area (Å²) < 4.78 is 24.0. The lowest BCUT2D eigenvalue weighted by molar-refractivity contribution is -0.113. The number of benzene rings is 2. The van der Waals surface area contributed by atoms with Gasteiger partial charge in [-0.05, 0) is 42.8 Å². The summed E-state index contributed by atoms with van der Waals surface area (Å²) in [5.41, 5.74) is 1.51. The second-order valence-corrected chi connectivity index (χ2v) is 8.76. The third kappa shape index (κ3) is 7.39. The van der Waals surface area contributed by atoms with Crippen molar-refractivity contribution in [2.75, 3.05) is 22.1 Å². The number of hydrogen-bond acceptors (Lipinski definition) is 5. The Balaban J connectivity index is 2.00. The summed E-state index contributed by atoms with van der Waals surface area (Å²) in [6.45, 7) is 1.97. The molecule has 2 N–H and O–H groups in total. The number of hydrogen-bond donors (Lipinski definition) is 2. The van der Waals surface area contributed by atoms with Crippen molar-refractivity contribution >= 4 is 33.0 Å². The Morgan fingerprint density at radius 2 is 1.69 bits per heavy atom. The van der Waals surface area contributed by atoms with Gasteiger partial charge in [0.1, 0.15) is 5.75 Å². The molecule has 0 saturated carbocycles. The van der Waals surface area contributed by atoms with Gasteiger partial charge in [-0.3, -0.25) is 9.59 Å². The minimum atomic E-state index is -3.46. The first-order valence-electron chi connectivity index (χ1n) is 9.25. The Labute approximate surface area is 170 Å². The molecule has 0 aromatic heterocycles. The van der Waals surface area contributed by atoms with Gasteiger partial charge < -0.3 is 10.6 Å². The maximum absolute atomic E-state index is 12.4. The lowest BCUT2D eigenvalue weighted by atomic mass is 10.1. The Kier molecular flexibility index (Phi) is 7.92. The minimum Gasteiger partial charge on any atom is -0.325 e. The largest absolute Gasteiger partial charge is 0.325 e. The smallest absolute Gasteiger partial charge is 0.255 e. The number of unbranched alkanes of at least 4 members (excludes halogenated alkanes) is 2. The van der Waals surface area contributed by atoms with E-state index >= 15 is 0 Å². The molecule has 152 valence electrons. The van der Waals surface area contributed by atoms with Crippen molar-refractivity contribution in [3.8, 4) is 6.07 Å². The van der Waals surface area contributed by atoms with E-state index in [1.165, 1.54) is 6.07 Å². The molecule has 0 saturated heterocycles. The molecule has 0 aliphatic carbocycles. The molecular weight excluding hydrogens is 390 g/mol. The van der Waals surface area contributed by atoms with Crippen LogP contribution in [0.4, 0.5) is 11.4 Å². The molecule has 7 nitrogen and oxygen atoms in total. The molecule has 0 unspecified atom stereocenters. The van der Waals surface area contributed by atoms with Gasteiger partial charge in [-0.2, -0.15) is 5.26 Å². The predicted octanol–water partition coefficient (Wildman–Crippen LogP) is 3.35. The van der Waals surface area contributed by atoms with E-state index in [1.807, 2.05) is 13.0 Å². The van der Waals surface area contributed by atoms with Crippen LogP contribution in [-0.2, 0) is 14.6 Å². The third-order valence-corrected chi connectivity index (χ3v) is 5.68. The maximum atomic E-state index is 12.4. The fraction of sp³-hybridized carbons (Fsp3) is 0.286. The number of nitrogens with one attached hydrogen (secondary N) is 2. The lowest BCUT2D eigenvalue weighted by Crippen LogP contribution is -2.25. The van der Waals surface area contributed by atoms with Crippen molar-refractivity contribution in [1.29, 1.82) is 5.26 Å². The fourth-order valence-corrected chi connectivity index (χ4v) is 3.91. The molecule has 0 radical (unpaired) electrons. The van der Waals surface area contributed by atoms with Gasteiger partial charge in [-0.25, -0.2) is 8.42 Å². The second kappa shape index (κ2) is 10.4. The van der Waals surface area contributed by atoms with Crippen molar-refractivity contribution in [1.82, 2.24) is 0 Å². The molecule has 0 spiro atoms. The van der Waals surface area contributed by atoms with Crippen LogP contribution in [0.15, 0.2) is 48.5 Å². The molecule has 8 heteroatoms. The Morgan fingerprint density at radius 3 is 2.38 bits per heavy atom. The van der Waals surface area contributed by atoms with Crippen molar-refractivity contribution in [3.05, 3.63) is 59.7 Å². The SMILES string of the molecule is CCCCCS(=O)(=O)CC(=O)Nc1cccc(C(=O)Nc2cccc(C#N)c2)c1. The zero-order chi connectivity index (χ0) is 21.3. The number of rotatable bonds is 9. The number of carbonyl (C=O) groups is 2. The molecule has 0 heterocycles. The quantitative estimate of drug-likeness (QED) is 0.612.